The summed E-state index contributed by atoms with van der Waals surface area (Å²) in [6, 6.07) is 14.2. The van der Waals surface area contributed by atoms with E-state index in [-0.39, 0.29) is 16.3 Å². The zero-order valence-corrected chi connectivity index (χ0v) is 15.9. The largest absolute Gasteiger partial charge is 0.452 e. The maximum Gasteiger partial charge on any atom is 0.340 e. The lowest BCUT2D eigenvalue weighted by Crippen LogP contribution is -2.22. The summed E-state index contributed by atoms with van der Waals surface area (Å²) in [6.45, 7) is 1.22. The first-order valence-corrected chi connectivity index (χ1v) is 8.76. The molecule has 10 heteroatoms. The molecule has 3 aromatic rings. The second-order valence-electron chi connectivity index (χ2n) is 5.96. The van der Waals surface area contributed by atoms with E-state index in [1.807, 2.05) is 30.3 Å². The van der Waals surface area contributed by atoms with Crippen LogP contribution in [0.15, 0.2) is 54.6 Å². The Balaban J connectivity index is 1.65. The predicted octanol–water partition coefficient (Wildman–Crippen LogP) is 3.54. The summed E-state index contributed by atoms with van der Waals surface area (Å²) in [6.07, 6.45) is 0. The van der Waals surface area contributed by atoms with Crippen LogP contribution in [0.3, 0.4) is 0 Å². The lowest BCUT2D eigenvalue weighted by Gasteiger charge is -2.09. The minimum absolute atomic E-state index is 0.0739. The van der Waals surface area contributed by atoms with E-state index in [1.54, 1.807) is 17.7 Å². The van der Waals surface area contributed by atoms with Gasteiger partial charge in [-0.25, -0.2) is 9.48 Å². The summed E-state index contributed by atoms with van der Waals surface area (Å²) in [5.41, 5.74) is 1.12. The predicted molar refractivity (Wildman–Crippen MR) is 105 cm³/mol. The van der Waals surface area contributed by atoms with E-state index in [4.69, 9.17) is 16.3 Å². The highest BCUT2D eigenvalue weighted by Gasteiger charge is 2.18. The number of aryl methyl sites for hydroxylation is 1. The highest BCUT2D eigenvalue weighted by Crippen LogP contribution is 2.23. The minimum atomic E-state index is -0.868. The monoisotopic (exact) mass is 414 g/mol. The number of amides is 1. The van der Waals surface area contributed by atoms with Crippen molar-refractivity contribution in [3.8, 4) is 5.69 Å². The van der Waals surface area contributed by atoms with Crippen molar-refractivity contribution in [3.05, 3.63) is 81.0 Å². The van der Waals surface area contributed by atoms with Gasteiger partial charge in [0.25, 0.3) is 11.6 Å². The smallest absolute Gasteiger partial charge is 0.340 e. The Morgan fingerprint density at radius 1 is 1.21 bits per heavy atom. The third-order valence-electron chi connectivity index (χ3n) is 3.82. The number of halogens is 1. The van der Waals surface area contributed by atoms with Gasteiger partial charge in [0.15, 0.2) is 6.61 Å². The zero-order valence-electron chi connectivity index (χ0n) is 15.2. The summed E-state index contributed by atoms with van der Waals surface area (Å²) in [5, 5.41) is 17.6. The number of esters is 1. The number of hydrogen-bond acceptors (Lipinski definition) is 6. The minimum Gasteiger partial charge on any atom is -0.452 e. The molecule has 0 spiro atoms. The third kappa shape index (κ3) is 4.77. The van der Waals surface area contributed by atoms with E-state index >= 15 is 0 Å². The van der Waals surface area contributed by atoms with Crippen molar-refractivity contribution in [3.63, 3.8) is 0 Å². The number of nitrogens with zero attached hydrogens (tertiary/aromatic N) is 3. The van der Waals surface area contributed by atoms with Gasteiger partial charge in [-0.05, 0) is 25.1 Å². The number of anilines is 1. The van der Waals surface area contributed by atoms with Gasteiger partial charge in [0, 0.05) is 18.2 Å². The van der Waals surface area contributed by atoms with Crippen LogP contribution in [0.5, 0.6) is 0 Å². The van der Waals surface area contributed by atoms with Gasteiger partial charge >= 0.3 is 5.97 Å². The summed E-state index contributed by atoms with van der Waals surface area (Å²) in [4.78, 5) is 34.4. The van der Waals surface area contributed by atoms with E-state index in [0.717, 1.165) is 17.8 Å². The summed E-state index contributed by atoms with van der Waals surface area (Å²) >= 11 is 5.89. The molecular weight excluding hydrogens is 400 g/mol. The highest BCUT2D eigenvalue weighted by atomic mass is 35.5. The molecule has 1 aromatic heterocycles. The first-order chi connectivity index (χ1) is 13.8. The number of carbonyl (C=O) groups is 2. The van der Waals surface area contributed by atoms with Crippen molar-refractivity contribution >= 4 is 35.0 Å². The number of benzene rings is 2. The van der Waals surface area contributed by atoms with Gasteiger partial charge in [-0.1, -0.05) is 29.8 Å². The van der Waals surface area contributed by atoms with Gasteiger partial charge in [-0.2, -0.15) is 5.10 Å². The molecule has 9 nitrogen and oxygen atoms in total. The lowest BCUT2D eigenvalue weighted by molar-refractivity contribution is -0.384. The number of ether oxygens (including phenoxy) is 1. The molecule has 0 radical (unpaired) electrons. The molecule has 1 amide bonds. The van der Waals surface area contributed by atoms with Gasteiger partial charge < -0.3 is 10.1 Å². The number of nitro groups is 1. The molecule has 0 bridgehead atoms. The topological polar surface area (TPSA) is 116 Å². The van der Waals surface area contributed by atoms with Crippen LogP contribution in [0.1, 0.15) is 16.1 Å². The number of nitro benzene ring substituents is 1. The van der Waals surface area contributed by atoms with E-state index in [1.165, 1.54) is 6.07 Å². The van der Waals surface area contributed by atoms with E-state index < -0.39 is 23.4 Å². The Hall–Kier alpha value is -3.72. The van der Waals surface area contributed by atoms with Crippen molar-refractivity contribution in [2.45, 2.75) is 6.92 Å². The second-order valence-corrected chi connectivity index (χ2v) is 6.37. The second kappa shape index (κ2) is 8.53. The molecule has 0 unspecified atom stereocenters. The van der Waals surface area contributed by atoms with Crippen molar-refractivity contribution < 1.29 is 19.2 Å². The van der Waals surface area contributed by atoms with Crippen LogP contribution in [-0.4, -0.2) is 33.2 Å². The van der Waals surface area contributed by atoms with E-state index in [9.17, 15) is 19.7 Å². The molecule has 0 aliphatic heterocycles. The Morgan fingerprint density at radius 3 is 2.59 bits per heavy atom. The SMILES string of the molecule is Cc1cc(NC(=O)COC(=O)c2ccc([N+](=O)[O-])cc2Cl)n(-c2ccccc2)n1. The van der Waals surface area contributed by atoms with Crippen LogP contribution in [0.25, 0.3) is 5.69 Å². The first kappa shape index (κ1) is 20.0. The summed E-state index contributed by atoms with van der Waals surface area (Å²) in [7, 11) is 0. The average molecular weight is 415 g/mol. The number of non-ortho nitro benzene ring substituents is 1. The van der Waals surface area contributed by atoms with Crippen molar-refractivity contribution in [2.75, 3.05) is 11.9 Å². The van der Waals surface area contributed by atoms with Crippen LogP contribution in [-0.2, 0) is 9.53 Å². The van der Waals surface area contributed by atoms with E-state index in [2.05, 4.69) is 10.4 Å². The van der Waals surface area contributed by atoms with Crippen LogP contribution in [0, 0.1) is 17.0 Å². The van der Waals surface area contributed by atoms with Crippen LogP contribution < -0.4 is 5.32 Å². The van der Waals surface area contributed by atoms with Crippen LogP contribution >= 0.6 is 11.6 Å². The maximum atomic E-state index is 12.2. The molecule has 0 atom stereocenters. The number of hydrogen-bond donors (Lipinski definition) is 1. The summed E-state index contributed by atoms with van der Waals surface area (Å²) < 4.78 is 6.52. The van der Waals surface area contributed by atoms with Crippen LogP contribution in [0.4, 0.5) is 11.5 Å². The maximum absolute atomic E-state index is 12.2. The molecule has 3 rings (SSSR count). The third-order valence-corrected chi connectivity index (χ3v) is 4.13. The van der Waals surface area contributed by atoms with Gasteiger partial charge in [-0.3, -0.25) is 14.9 Å². The zero-order chi connectivity index (χ0) is 21.0. The van der Waals surface area contributed by atoms with Gasteiger partial charge in [0.2, 0.25) is 0 Å². The van der Waals surface area contributed by atoms with Crippen molar-refractivity contribution in [1.82, 2.24) is 9.78 Å². The number of aromatic nitrogens is 2. The van der Waals surface area contributed by atoms with Crippen molar-refractivity contribution in [1.29, 1.82) is 0 Å². The Labute approximate surface area is 170 Å². The van der Waals surface area contributed by atoms with Crippen molar-refractivity contribution in [2.24, 2.45) is 0 Å². The molecule has 0 aliphatic rings. The molecule has 1 N–H and O–H groups in total. The fourth-order valence-corrected chi connectivity index (χ4v) is 2.78. The highest BCUT2D eigenvalue weighted by molar-refractivity contribution is 6.33. The van der Waals surface area contributed by atoms with Gasteiger partial charge in [0.1, 0.15) is 5.82 Å². The number of para-hydroxylation sites is 1. The number of nitrogens with one attached hydrogen (secondary N) is 1. The Kier molecular flexibility index (Phi) is 5.89. The number of rotatable bonds is 6. The average Bonchev–Trinajstić information content (AvgIpc) is 3.06. The Morgan fingerprint density at radius 2 is 1.93 bits per heavy atom. The quantitative estimate of drug-likeness (QED) is 0.374. The molecule has 29 heavy (non-hydrogen) atoms. The fraction of sp³-hybridized carbons (Fsp3) is 0.105. The molecule has 0 fully saturated rings. The molecule has 1 heterocycles. The lowest BCUT2D eigenvalue weighted by atomic mass is 10.2. The van der Waals surface area contributed by atoms with Gasteiger partial charge in [-0.15, -0.1) is 0 Å². The number of carbonyl (C=O) groups excluding carboxylic acids is 2. The summed E-state index contributed by atoms with van der Waals surface area (Å²) in [5.74, 6) is -1.02. The van der Waals surface area contributed by atoms with Gasteiger partial charge in [0.05, 0.1) is 26.9 Å². The standard InChI is InChI=1S/C19H15ClN4O5/c1-12-9-17(23(22-12)13-5-3-2-4-6-13)21-18(25)11-29-19(26)15-8-7-14(24(27)28)10-16(15)20/h2-10H,11H2,1H3,(H,21,25). The molecule has 0 saturated carbocycles. The molecule has 0 aliphatic carbocycles. The molecule has 0 saturated heterocycles. The molecule has 2 aromatic carbocycles. The Bertz CT molecular complexity index is 1080. The van der Waals surface area contributed by atoms with Crippen LogP contribution in [0.2, 0.25) is 5.02 Å². The first-order valence-electron chi connectivity index (χ1n) is 8.38. The fourth-order valence-electron chi connectivity index (χ4n) is 2.53. The molecular formula is C19H15ClN4O5. The normalized spacial score (nSPS) is 10.4. The van der Waals surface area contributed by atoms with E-state index in [0.29, 0.717) is 11.5 Å². The molecule has 148 valence electrons.